The van der Waals surface area contributed by atoms with Crippen LogP contribution in [0, 0.1) is 0 Å². The number of imidazole rings is 1. The van der Waals surface area contributed by atoms with E-state index in [4.69, 9.17) is 4.98 Å². The zero-order chi connectivity index (χ0) is 18.9. The van der Waals surface area contributed by atoms with Crippen LogP contribution >= 0.6 is 0 Å². The second kappa shape index (κ2) is 5.19. The largest absolute Gasteiger partial charge is 0.508 e. The standard InChI is InChI=1S/C22H16N4O2/c27-15-5-3-12(4-6-15)19-24-17-8-13-10-22(11-14(13)9-18(17)25-19)16-2-1-7-23-20(16)26-21(22)28/h1-9,27H,10-11H2,(H,24,25)(H,23,26,28). The van der Waals surface area contributed by atoms with E-state index in [0.29, 0.717) is 18.7 Å². The van der Waals surface area contributed by atoms with Gasteiger partial charge in [-0.1, -0.05) is 6.07 Å². The Morgan fingerprint density at radius 3 is 2.64 bits per heavy atom. The number of carbonyl (C=O) groups is 1. The molecule has 0 fully saturated rings. The number of carbonyl (C=O) groups excluding carboxylic acids is 1. The Morgan fingerprint density at radius 1 is 1.04 bits per heavy atom. The molecule has 3 N–H and O–H groups in total. The molecule has 1 atom stereocenters. The minimum atomic E-state index is -0.565. The van der Waals surface area contributed by atoms with Crippen molar-refractivity contribution in [2.45, 2.75) is 18.3 Å². The predicted molar refractivity (Wildman–Crippen MR) is 105 cm³/mol. The van der Waals surface area contributed by atoms with Crippen molar-refractivity contribution in [3.63, 3.8) is 0 Å². The molecule has 6 heteroatoms. The van der Waals surface area contributed by atoms with E-state index in [-0.39, 0.29) is 11.7 Å². The van der Waals surface area contributed by atoms with Gasteiger partial charge in [0.15, 0.2) is 0 Å². The molecule has 2 aliphatic rings. The van der Waals surface area contributed by atoms with Crippen molar-refractivity contribution < 1.29 is 9.90 Å². The molecule has 6 rings (SSSR count). The van der Waals surface area contributed by atoms with Crippen LogP contribution in [0.3, 0.4) is 0 Å². The van der Waals surface area contributed by atoms with Crippen LogP contribution < -0.4 is 5.32 Å². The van der Waals surface area contributed by atoms with Gasteiger partial charge in [0.2, 0.25) is 5.91 Å². The molecule has 1 unspecified atom stereocenters. The average molecular weight is 368 g/mol. The number of H-pyrrole nitrogens is 1. The van der Waals surface area contributed by atoms with Crippen molar-refractivity contribution in [1.82, 2.24) is 15.0 Å². The summed E-state index contributed by atoms with van der Waals surface area (Å²) in [6.07, 6.45) is 3.03. The Balaban J connectivity index is 1.43. The third-order valence-electron chi connectivity index (χ3n) is 5.92. The molecule has 2 aromatic heterocycles. The Morgan fingerprint density at radius 2 is 1.82 bits per heavy atom. The molecule has 0 radical (unpaired) electrons. The third-order valence-corrected chi connectivity index (χ3v) is 5.92. The van der Waals surface area contributed by atoms with Gasteiger partial charge < -0.3 is 15.4 Å². The number of phenolic OH excluding ortho intramolecular Hbond substituents is 1. The molecule has 4 aromatic rings. The first-order chi connectivity index (χ1) is 13.6. The number of phenols is 1. The van der Waals surface area contributed by atoms with E-state index in [2.05, 4.69) is 27.4 Å². The van der Waals surface area contributed by atoms with Gasteiger partial charge >= 0.3 is 0 Å². The molecule has 2 aromatic carbocycles. The number of nitrogens with zero attached hydrogens (tertiary/aromatic N) is 2. The maximum Gasteiger partial charge on any atom is 0.237 e. The van der Waals surface area contributed by atoms with E-state index in [1.807, 2.05) is 24.3 Å². The molecular formula is C22H16N4O2. The lowest BCUT2D eigenvalue weighted by atomic mass is 9.79. The van der Waals surface area contributed by atoms with Crippen LogP contribution in [0.2, 0.25) is 0 Å². The number of rotatable bonds is 1. The second-order valence-corrected chi connectivity index (χ2v) is 7.56. The van der Waals surface area contributed by atoms with Gasteiger partial charge in [-0.05, 0) is 66.4 Å². The van der Waals surface area contributed by atoms with Crippen LogP contribution in [-0.4, -0.2) is 26.0 Å². The molecule has 0 bridgehead atoms. The van der Waals surface area contributed by atoms with Gasteiger partial charge in [0, 0.05) is 17.3 Å². The molecule has 6 nitrogen and oxygen atoms in total. The fraction of sp³-hybridized carbons (Fsp3) is 0.136. The lowest BCUT2D eigenvalue weighted by molar-refractivity contribution is -0.120. The molecule has 136 valence electrons. The van der Waals surface area contributed by atoms with Gasteiger partial charge in [0.05, 0.1) is 16.4 Å². The van der Waals surface area contributed by atoms with Gasteiger partial charge in [-0.3, -0.25) is 4.79 Å². The average Bonchev–Trinajstić information content (AvgIpc) is 3.35. The molecule has 0 saturated heterocycles. The highest BCUT2D eigenvalue weighted by Crippen LogP contribution is 2.47. The van der Waals surface area contributed by atoms with E-state index in [1.165, 1.54) is 5.56 Å². The summed E-state index contributed by atoms with van der Waals surface area (Å²) in [7, 11) is 0. The lowest BCUT2D eigenvalue weighted by Crippen LogP contribution is -2.35. The number of pyridine rings is 1. The summed E-state index contributed by atoms with van der Waals surface area (Å²) >= 11 is 0. The van der Waals surface area contributed by atoms with Crippen molar-refractivity contribution in [3.05, 3.63) is 71.4 Å². The zero-order valence-electron chi connectivity index (χ0n) is 14.9. The van der Waals surface area contributed by atoms with E-state index < -0.39 is 5.41 Å². The highest BCUT2D eigenvalue weighted by molar-refractivity contribution is 6.06. The first-order valence-corrected chi connectivity index (χ1v) is 9.20. The fourth-order valence-corrected chi connectivity index (χ4v) is 4.53. The Hall–Kier alpha value is -3.67. The molecule has 1 amide bonds. The topological polar surface area (TPSA) is 90.9 Å². The van der Waals surface area contributed by atoms with Crippen molar-refractivity contribution in [1.29, 1.82) is 0 Å². The number of benzene rings is 2. The van der Waals surface area contributed by atoms with Crippen LogP contribution in [-0.2, 0) is 23.1 Å². The number of anilines is 1. The van der Waals surface area contributed by atoms with E-state index >= 15 is 0 Å². The number of fused-ring (bicyclic) bond motifs is 4. The van der Waals surface area contributed by atoms with Crippen LogP contribution in [0.4, 0.5) is 5.82 Å². The number of hydrogen-bond donors (Lipinski definition) is 3. The van der Waals surface area contributed by atoms with E-state index in [9.17, 15) is 9.90 Å². The molecule has 0 saturated carbocycles. The quantitative estimate of drug-likeness (QED) is 0.481. The molecule has 3 heterocycles. The van der Waals surface area contributed by atoms with Crippen molar-refractivity contribution in [2.75, 3.05) is 5.32 Å². The monoisotopic (exact) mass is 368 g/mol. The number of hydrogen-bond acceptors (Lipinski definition) is 4. The number of nitrogens with one attached hydrogen (secondary N) is 2. The number of aromatic amines is 1. The molecular weight excluding hydrogens is 352 g/mol. The smallest absolute Gasteiger partial charge is 0.237 e. The summed E-state index contributed by atoms with van der Waals surface area (Å²) in [5.74, 6) is 1.70. The van der Waals surface area contributed by atoms with Crippen molar-refractivity contribution >= 4 is 22.8 Å². The Labute approximate surface area is 160 Å². The summed E-state index contributed by atoms with van der Waals surface area (Å²) in [5, 5.41) is 12.4. The van der Waals surface area contributed by atoms with Gasteiger partial charge in [0.1, 0.15) is 17.4 Å². The van der Waals surface area contributed by atoms with Crippen LogP contribution in [0.5, 0.6) is 5.75 Å². The maximum atomic E-state index is 12.8. The van der Waals surface area contributed by atoms with E-state index in [0.717, 1.165) is 33.5 Å². The minimum Gasteiger partial charge on any atom is -0.508 e. The maximum absolute atomic E-state index is 12.8. The summed E-state index contributed by atoms with van der Waals surface area (Å²) in [5.41, 5.74) is 5.49. The van der Waals surface area contributed by atoms with Crippen LogP contribution in [0.25, 0.3) is 22.4 Å². The molecule has 1 aliphatic carbocycles. The lowest BCUT2D eigenvalue weighted by Gasteiger charge is -2.20. The van der Waals surface area contributed by atoms with Gasteiger partial charge in [0.25, 0.3) is 0 Å². The highest BCUT2D eigenvalue weighted by Gasteiger charge is 2.51. The van der Waals surface area contributed by atoms with Gasteiger partial charge in [-0.25, -0.2) is 9.97 Å². The summed E-state index contributed by atoms with van der Waals surface area (Å²) in [6.45, 7) is 0. The van der Waals surface area contributed by atoms with Crippen LogP contribution in [0.15, 0.2) is 54.7 Å². The van der Waals surface area contributed by atoms with Gasteiger partial charge in [-0.15, -0.1) is 0 Å². The molecule has 1 spiro atoms. The first-order valence-electron chi connectivity index (χ1n) is 9.20. The number of aromatic nitrogens is 3. The minimum absolute atomic E-state index is 0.0267. The number of amides is 1. The predicted octanol–water partition coefficient (Wildman–Crippen LogP) is 3.32. The van der Waals surface area contributed by atoms with Gasteiger partial charge in [-0.2, -0.15) is 0 Å². The normalized spacial score (nSPS) is 16.4. The van der Waals surface area contributed by atoms with E-state index in [1.54, 1.807) is 18.3 Å². The van der Waals surface area contributed by atoms with Crippen LogP contribution in [0.1, 0.15) is 16.7 Å². The Bertz CT molecular complexity index is 1230. The highest BCUT2D eigenvalue weighted by atomic mass is 16.3. The summed E-state index contributed by atoms with van der Waals surface area (Å²) in [6, 6.07) is 15.1. The zero-order valence-corrected chi connectivity index (χ0v) is 14.9. The first kappa shape index (κ1) is 15.4. The molecule has 1 aliphatic heterocycles. The third kappa shape index (κ3) is 2.00. The summed E-state index contributed by atoms with van der Waals surface area (Å²) < 4.78 is 0. The summed E-state index contributed by atoms with van der Waals surface area (Å²) in [4.78, 5) is 25.2. The SMILES string of the molecule is O=C1Nc2ncccc2C12Cc1cc3nc(-c4ccc(O)cc4)[nH]c3cc1C2. The van der Waals surface area contributed by atoms with Crippen molar-refractivity contribution in [3.8, 4) is 17.1 Å². The fourth-order valence-electron chi connectivity index (χ4n) is 4.53. The Kier molecular flexibility index (Phi) is 2.86. The molecule has 28 heavy (non-hydrogen) atoms. The number of aromatic hydroxyl groups is 1. The second-order valence-electron chi connectivity index (χ2n) is 7.56. The van der Waals surface area contributed by atoms with Crippen molar-refractivity contribution in [2.24, 2.45) is 0 Å².